The number of nitro benzene ring substituents is 1. The molecule has 0 saturated heterocycles. The minimum Gasteiger partial charge on any atom is -0.360 e. The number of fused-ring (bicyclic) bond motifs is 1. The average Bonchev–Trinajstić information content (AvgIpc) is 3.04. The van der Waals surface area contributed by atoms with Gasteiger partial charge in [-0.15, -0.1) is 0 Å². The van der Waals surface area contributed by atoms with Gasteiger partial charge in [-0.25, -0.2) is 8.42 Å². The van der Waals surface area contributed by atoms with E-state index in [1.807, 2.05) is 0 Å². The Bertz CT molecular complexity index is 1230. The highest BCUT2D eigenvalue weighted by molar-refractivity contribution is 7.90. The SMILES string of the molecule is Cc1noc(C)c1S(=O)(=O)n1c(=O)sc2c([N+](=O)[O-])cc(C(F)(F)F)cc21. The molecule has 0 aliphatic carbocycles. The third-order valence-corrected chi connectivity index (χ3v) is 6.65. The monoisotopic (exact) mass is 423 g/mol. The lowest BCUT2D eigenvalue weighted by Crippen LogP contribution is -2.23. The molecule has 0 unspecified atom stereocenters. The summed E-state index contributed by atoms with van der Waals surface area (Å²) in [5, 5.41) is 14.6. The molecule has 0 atom stereocenters. The van der Waals surface area contributed by atoms with Crippen LogP contribution < -0.4 is 4.87 Å². The van der Waals surface area contributed by atoms with Crippen molar-refractivity contribution in [2.75, 3.05) is 0 Å². The average molecular weight is 423 g/mol. The van der Waals surface area contributed by atoms with Gasteiger partial charge in [0, 0.05) is 6.07 Å². The number of non-ortho nitro benzene ring substituents is 1. The van der Waals surface area contributed by atoms with Crippen LogP contribution in [0.25, 0.3) is 10.2 Å². The van der Waals surface area contributed by atoms with E-state index in [9.17, 15) is 36.5 Å². The summed E-state index contributed by atoms with van der Waals surface area (Å²) in [4.78, 5) is 20.6. The van der Waals surface area contributed by atoms with Crippen LogP contribution in [0.5, 0.6) is 0 Å². The molecule has 2 aromatic heterocycles. The molecule has 0 fully saturated rings. The highest BCUT2D eigenvalue weighted by Crippen LogP contribution is 2.38. The Morgan fingerprint density at radius 2 is 1.93 bits per heavy atom. The maximum absolute atomic E-state index is 13.1. The summed E-state index contributed by atoms with van der Waals surface area (Å²) >= 11 is 0.157. The first-order chi connectivity index (χ1) is 12.4. The van der Waals surface area contributed by atoms with Gasteiger partial charge < -0.3 is 4.52 Å². The van der Waals surface area contributed by atoms with Gasteiger partial charge in [0.05, 0.1) is 16.0 Å². The van der Waals surface area contributed by atoms with Gasteiger partial charge in [0.15, 0.2) is 10.7 Å². The fourth-order valence-corrected chi connectivity index (χ4v) is 5.45. The number of rotatable bonds is 3. The van der Waals surface area contributed by atoms with Crippen molar-refractivity contribution in [1.29, 1.82) is 0 Å². The van der Waals surface area contributed by atoms with E-state index in [0.717, 1.165) is 0 Å². The number of hydrogen-bond acceptors (Lipinski definition) is 8. The first kappa shape index (κ1) is 19.0. The fourth-order valence-electron chi connectivity index (χ4n) is 2.54. The zero-order valence-electron chi connectivity index (χ0n) is 13.4. The number of aryl methyl sites for hydroxylation is 2. The Hall–Kier alpha value is -2.74. The second-order valence-corrected chi connectivity index (χ2v) is 8.07. The molecular formula is C13H8F3N3O6S2. The second kappa shape index (κ2) is 5.88. The van der Waals surface area contributed by atoms with Crippen LogP contribution in [0.15, 0.2) is 26.3 Å². The maximum Gasteiger partial charge on any atom is 0.416 e. The number of aromatic nitrogens is 2. The van der Waals surface area contributed by atoms with Crippen molar-refractivity contribution in [3.8, 4) is 0 Å². The van der Waals surface area contributed by atoms with Crippen molar-refractivity contribution in [2.24, 2.45) is 0 Å². The van der Waals surface area contributed by atoms with Crippen LogP contribution in [0.1, 0.15) is 17.0 Å². The Kier molecular flexibility index (Phi) is 4.15. The smallest absolute Gasteiger partial charge is 0.360 e. The largest absolute Gasteiger partial charge is 0.416 e. The summed E-state index contributed by atoms with van der Waals surface area (Å²) in [7, 11) is -4.71. The van der Waals surface area contributed by atoms with E-state index in [1.54, 1.807) is 0 Å². The third kappa shape index (κ3) is 2.90. The van der Waals surface area contributed by atoms with E-state index in [1.165, 1.54) is 13.8 Å². The number of alkyl halides is 3. The van der Waals surface area contributed by atoms with Gasteiger partial charge in [0.2, 0.25) is 0 Å². The standard InChI is InChI=1S/C13H8F3N3O6S2/c1-5-11(6(2)25-17-5)27(23,24)18-8-3-7(13(14,15)16)4-9(19(21)22)10(8)26-12(18)20/h3-4H,1-2H3. The molecule has 0 bridgehead atoms. The lowest BCUT2D eigenvalue weighted by Gasteiger charge is -2.09. The molecule has 9 nitrogen and oxygen atoms in total. The Morgan fingerprint density at radius 3 is 2.41 bits per heavy atom. The van der Waals surface area contributed by atoms with E-state index in [0.29, 0.717) is 6.07 Å². The van der Waals surface area contributed by atoms with Gasteiger partial charge >= 0.3 is 11.0 Å². The molecule has 3 aromatic rings. The molecule has 0 spiro atoms. The summed E-state index contributed by atoms with van der Waals surface area (Å²) < 4.78 is 69.5. The second-order valence-electron chi connectivity index (χ2n) is 5.39. The van der Waals surface area contributed by atoms with Crippen LogP contribution in [0.3, 0.4) is 0 Å². The molecule has 14 heteroatoms. The van der Waals surface area contributed by atoms with Crippen molar-refractivity contribution >= 4 is 37.3 Å². The quantitative estimate of drug-likeness (QED) is 0.468. The number of hydrogen-bond donors (Lipinski definition) is 0. The number of halogens is 3. The molecule has 144 valence electrons. The molecule has 0 saturated carbocycles. The first-order valence-electron chi connectivity index (χ1n) is 6.95. The zero-order chi connectivity index (χ0) is 20.3. The predicted octanol–water partition coefficient (Wildman–Crippen LogP) is 2.83. The lowest BCUT2D eigenvalue weighted by atomic mass is 10.2. The van der Waals surface area contributed by atoms with E-state index in [4.69, 9.17) is 4.52 Å². The number of nitro groups is 1. The van der Waals surface area contributed by atoms with E-state index in [-0.39, 0.29) is 32.8 Å². The van der Waals surface area contributed by atoms with Gasteiger partial charge in [0.1, 0.15) is 10.4 Å². The van der Waals surface area contributed by atoms with Crippen LogP contribution in [-0.4, -0.2) is 22.5 Å². The minimum absolute atomic E-state index is 0.0990. The molecule has 2 heterocycles. The summed E-state index contributed by atoms with van der Waals surface area (Å²) in [6.07, 6.45) is -4.99. The van der Waals surface area contributed by atoms with Crippen LogP contribution in [0.2, 0.25) is 0 Å². The van der Waals surface area contributed by atoms with Gasteiger partial charge in [-0.05, 0) is 19.9 Å². The number of nitrogens with zero attached hydrogens (tertiary/aromatic N) is 3. The van der Waals surface area contributed by atoms with Crippen LogP contribution in [-0.2, 0) is 16.2 Å². The summed E-state index contributed by atoms with van der Waals surface area (Å²) in [5.74, 6) is -0.180. The van der Waals surface area contributed by atoms with Crippen molar-refractivity contribution < 1.29 is 31.0 Å². The summed E-state index contributed by atoms with van der Waals surface area (Å²) in [6, 6.07) is 0.640. The molecule has 27 heavy (non-hydrogen) atoms. The molecule has 3 rings (SSSR count). The van der Waals surface area contributed by atoms with Crippen molar-refractivity contribution in [1.82, 2.24) is 9.13 Å². The molecule has 0 N–H and O–H groups in total. The zero-order valence-corrected chi connectivity index (χ0v) is 15.0. The Balaban J connectivity index is 2.48. The highest BCUT2D eigenvalue weighted by atomic mass is 32.2. The minimum atomic E-state index is -4.99. The first-order valence-corrected chi connectivity index (χ1v) is 9.21. The van der Waals surface area contributed by atoms with E-state index < -0.39 is 52.4 Å². The van der Waals surface area contributed by atoms with Crippen molar-refractivity contribution in [2.45, 2.75) is 24.9 Å². The Labute approximate surface area is 151 Å². The maximum atomic E-state index is 13.1. The van der Waals surface area contributed by atoms with Gasteiger partial charge in [-0.3, -0.25) is 14.9 Å². The van der Waals surface area contributed by atoms with Gasteiger partial charge in [-0.1, -0.05) is 16.5 Å². The molecule has 0 aliphatic heterocycles. The molecule has 0 aliphatic rings. The summed E-state index contributed by atoms with van der Waals surface area (Å²) in [5.41, 5.74) is -3.33. The summed E-state index contributed by atoms with van der Waals surface area (Å²) in [6.45, 7) is 2.52. The highest BCUT2D eigenvalue weighted by Gasteiger charge is 2.37. The van der Waals surface area contributed by atoms with Gasteiger partial charge in [-0.2, -0.15) is 17.1 Å². The fraction of sp³-hybridized carbons (Fsp3) is 0.231. The van der Waals surface area contributed by atoms with E-state index >= 15 is 0 Å². The van der Waals surface area contributed by atoms with Gasteiger partial charge in [0.25, 0.3) is 15.7 Å². The lowest BCUT2D eigenvalue weighted by molar-refractivity contribution is -0.383. The third-order valence-electron chi connectivity index (χ3n) is 3.61. The van der Waals surface area contributed by atoms with E-state index in [2.05, 4.69) is 5.16 Å². The topological polar surface area (TPSA) is 125 Å². The van der Waals surface area contributed by atoms with Crippen molar-refractivity contribution in [3.05, 3.63) is 48.9 Å². The van der Waals surface area contributed by atoms with Crippen LogP contribution in [0, 0.1) is 24.0 Å². The van der Waals surface area contributed by atoms with Crippen LogP contribution >= 0.6 is 11.3 Å². The normalized spacial score (nSPS) is 12.6. The number of thiazole rings is 1. The number of benzene rings is 1. The molecule has 1 aromatic carbocycles. The molecule has 0 radical (unpaired) electrons. The molecule has 0 amide bonds. The van der Waals surface area contributed by atoms with Crippen molar-refractivity contribution in [3.63, 3.8) is 0 Å². The Morgan fingerprint density at radius 1 is 1.30 bits per heavy atom. The van der Waals surface area contributed by atoms with Crippen LogP contribution in [0.4, 0.5) is 18.9 Å². The molecular weight excluding hydrogens is 415 g/mol. The predicted molar refractivity (Wildman–Crippen MR) is 86.3 cm³/mol.